The van der Waals surface area contributed by atoms with E-state index in [0.717, 1.165) is 19.6 Å². The quantitative estimate of drug-likeness (QED) is 0.862. The Kier molecular flexibility index (Phi) is 3.50. The van der Waals surface area contributed by atoms with Gasteiger partial charge in [-0.15, -0.1) is 0 Å². The number of hydrogen-bond donors (Lipinski definition) is 1. The van der Waals surface area contributed by atoms with E-state index in [1.807, 2.05) is 6.07 Å². The first-order chi connectivity index (χ1) is 8.72. The van der Waals surface area contributed by atoms with Crippen LogP contribution in [0, 0.1) is 11.8 Å². The molecule has 0 aliphatic carbocycles. The van der Waals surface area contributed by atoms with Gasteiger partial charge >= 0.3 is 0 Å². The Labute approximate surface area is 110 Å². The molecule has 1 aromatic carbocycles. The highest BCUT2D eigenvalue weighted by Crippen LogP contribution is 2.29. The van der Waals surface area contributed by atoms with Crippen molar-refractivity contribution in [2.24, 2.45) is 11.8 Å². The number of rotatable bonds is 2. The molecule has 2 aliphatic heterocycles. The molecule has 2 saturated heterocycles. The Morgan fingerprint density at radius 1 is 1.17 bits per heavy atom. The monoisotopic (exact) mass is 265 g/mol. The number of aliphatic hydroxyl groups is 1. The zero-order valence-electron chi connectivity index (χ0n) is 10.4. The van der Waals surface area contributed by atoms with Gasteiger partial charge in [0, 0.05) is 53.8 Å². The first-order valence-corrected chi connectivity index (χ1v) is 8.00. The number of likely N-dealkylation sites (tertiary alicyclic amines) is 1. The molecule has 4 heteroatoms. The largest absolute Gasteiger partial charge is 0.392 e. The normalized spacial score (nSPS) is 36.5. The highest BCUT2D eigenvalue weighted by Gasteiger charge is 2.40. The number of hydrogen-bond acceptors (Lipinski definition) is 3. The van der Waals surface area contributed by atoms with Gasteiger partial charge in [0.05, 0.1) is 6.10 Å². The Morgan fingerprint density at radius 3 is 2.39 bits per heavy atom. The summed E-state index contributed by atoms with van der Waals surface area (Å²) in [5.41, 5.74) is 1.31. The van der Waals surface area contributed by atoms with E-state index >= 15 is 0 Å². The van der Waals surface area contributed by atoms with Crippen LogP contribution in [-0.2, 0) is 17.3 Å². The van der Waals surface area contributed by atoms with E-state index in [2.05, 4.69) is 29.2 Å². The molecule has 18 heavy (non-hydrogen) atoms. The van der Waals surface area contributed by atoms with Gasteiger partial charge in [0.2, 0.25) is 0 Å². The van der Waals surface area contributed by atoms with Gasteiger partial charge < -0.3 is 5.11 Å². The molecule has 2 fully saturated rings. The number of benzene rings is 1. The summed E-state index contributed by atoms with van der Waals surface area (Å²) in [7, 11) is -0.718. The molecule has 0 radical (unpaired) electrons. The van der Waals surface area contributed by atoms with Gasteiger partial charge in [-0.1, -0.05) is 30.3 Å². The lowest BCUT2D eigenvalue weighted by Crippen LogP contribution is -2.55. The third-order valence-corrected chi connectivity index (χ3v) is 5.60. The second-order valence-corrected chi connectivity index (χ2v) is 7.01. The zero-order valence-corrected chi connectivity index (χ0v) is 11.2. The minimum Gasteiger partial charge on any atom is -0.392 e. The second kappa shape index (κ2) is 5.11. The van der Waals surface area contributed by atoms with Gasteiger partial charge in [-0.25, -0.2) is 0 Å². The Bertz CT molecular complexity index is 419. The van der Waals surface area contributed by atoms with Gasteiger partial charge in [-0.2, -0.15) is 0 Å². The Morgan fingerprint density at radius 2 is 1.78 bits per heavy atom. The zero-order chi connectivity index (χ0) is 12.5. The molecular weight excluding hydrogens is 246 g/mol. The molecule has 0 spiro atoms. The first-order valence-electron chi connectivity index (χ1n) is 6.51. The number of piperidine rings is 1. The van der Waals surface area contributed by atoms with Crippen molar-refractivity contribution in [1.29, 1.82) is 0 Å². The maximum atomic E-state index is 11.7. The first kappa shape index (κ1) is 12.3. The maximum absolute atomic E-state index is 11.7. The van der Waals surface area contributed by atoms with Crippen molar-refractivity contribution in [3.8, 4) is 0 Å². The van der Waals surface area contributed by atoms with E-state index in [-0.39, 0.29) is 17.9 Å². The Hall–Kier alpha value is -0.710. The van der Waals surface area contributed by atoms with Crippen LogP contribution in [0.15, 0.2) is 30.3 Å². The molecule has 3 nitrogen and oxygen atoms in total. The lowest BCUT2D eigenvalue weighted by molar-refractivity contribution is -0.0123. The van der Waals surface area contributed by atoms with Crippen LogP contribution in [0.4, 0.5) is 0 Å². The molecule has 98 valence electrons. The van der Waals surface area contributed by atoms with Crippen molar-refractivity contribution in [1.82, 2.24) is 4.90 Å². The molecule has 2 unspecified atom stereocenters. The SMILES string of the molecule is O=S1CC2CN(Cc3ccccc3)CC(C1)C2O. The van der Waals surface area contributed by atoms with Crippen molar-refractivity contribution in [3.05, 3.63) is 35.9 Å². The van der Waals surface area contributed by atoms with Gasteiger partial charge in [-0.3, -0.25) is 9.11 Å². The van der Waals surface area contributed by atoms with E-state index in [1.54, 1.807) is 0 Å². The molecule has 1 N–H and O–H groups in total. The average molecular weight is 265 g/mol. The molecule has 3 rings (SSSR count). The van der Waals surface area contributed by atoms with Crippen LogP contribution in [0.2, 0.25) is 0 Å². The smallest absolute Gasteiger partial charge is 0.0638 e. The van der Waals surface area contributed by atoms with Crippen LogP contribution in [0.5, 0.6) is 0 Å². The fraction of sp³-hybridized carbons (Fsp3) is 0.571. The van der Waals surface area contributed by atoms with Gasteiger partial charge in [0.1, 0.15) is 0 Å². The third kappa shape index (κ3) is 2.51. The van der Waals surface area contributed by atoms with Gasteiger partial charge in [-0.05, 0) is 5.56 Å². The summed E-state index contributed by atoms with van der Waals surface area (Å²) in [5, 5.41) is 10.1. The standard InChI is InChI=1S/C14H19NO2S/c16-14-12-7-15(6-11-4-2-1-3-5-11)8-13(14)10-18(17)9-12/h1-5,12-14,16H,6-10H2. The molecule has 0 saturated carbocycles. The average Bonchev–Trinajstić information content (AvgIpc) is 2.33. The van der Waals surface area contributed by atoms with Crippen LogP contribution < -0.4 is 0 Å². The highest BCUT2D eigenvalue weighted by atomic mass is 32.2. The van der Waals surface area contributed by atoms with Crippen LogP contribution in [0.25, 0.3) is 0 Å². The minimum absolute atomic E-state index is 0.196. The molecular formula is C14H19NO2S. The van der Waals surface area contributed by atoms with Crippen LogP contribution in [0.3, 0.4) is 0 Å². The third-order valence-electron chi connectivity index (χ3n) is 4.00. The second-order valence-electron chi connectivity index (χ2n) is 5.46. The molecule has 1 aromatic rings. The van der Waals surface area contributed by atoms with E-state index in [9.17, 15) is 9.32 Å². The van der Waals surface area contributed by atoms with Crippen molar-refractivity contribution >= 4 is 10.8 Å². The topological polar surface area (TPSA) is 40.5 Å². The number of fused-ring (bicyclic) bond motifs is 2. The predicted molar refractivity (Wildman–Crippen MR) is 72.6 cm³/mol. The fourth-order valence-electron chi connectivity index (χ4n) is 3.16. The molecule has 2 atom stereocenters. The summed E-state index contributed by atoms with van der Waals surface area (Å²) in [6.07, 6.45) is -0.241. The van der Waals surface area contributed by atoms with Crippen molar-refractivity contribution in [2.75, 3.05) is 24.6 Å². The summed E-state index contributed by atoms with van der Waals surface area (Å²) in [4.78, 5) is 2.40. The van der Waals surface area contributed by atoms with E-state index in [4.69, 9.17) is 0 Å². The van der Waals surface area contributed by atoms with Crippen molar-refractivity contribution in [3.63, 3.8) is 0 Å². The summed E-state index contributed by atoms with van der Waals surface area (Å²) in [6, 6.07) is 10.4. The van der Waals surface area contributed by atoms with Crippen molar-refractivity contribution in [2.45, 2.75) is 12.6 Å². The summed E-state index contributed by atoms with van der Waals surface area (Å²) in [6.45, 7) is 2.68. The predicted octanol–water partition coefficient (Wildman–Crippen LogP) is 0.858. The molecule has 0 amide bonds. The van der Waals surface area contributed by atoms with Crippen LogP contribution in [0.1, 0.15) is 5.56 Å². The molecule has 2 heterocycles. The summed E-state index contributed by atoms with van der Waals surface area (Å²) in [5.74, 6) is 1.73. The molecule has 0 aromatic heterocycles. The summed E-state index contributed by atoms with van der Waals surface area (Å²) < 4.78 is 11.7. The van der Waals surface area contributed by atoms with Gasteiger partial charge in [0.25, 0.3) is 0 Å². The number of aliphatic hydroxyl groups excluding tert-OH is 1. The Balaban J connectivity index is 1.68. The van der Waals surface area contributed by atoms with E-state index in [1.165, 1.54) is 5.56 Å². The maximum Gasteiger partial charge on any atom is 0.0638 e. The molecule has 2 aliphatic rings. The van der Waals surface area contributed by atoms with Crippen LogP contribution >= 0.6 is 0 Å². The van der Waals surface area contributed by atoms with E-state index in [0.29, 0.717) is 11.5 Å². The fourth-order valence-corrected chi connectivity index (χ4v) is 4.85. The van der Waals surface area contributed by atoms with E-state index < -0.39 is 10.8 Å². The lowest BCUT2D eigenvalue weighted by Gasteiger charge is -2.44. The number of nitrogens with zero attached hydrogens (tertiary/aromatic N) is 1. The van der Waals surface area contributed by atoms with Crippen LogP contribution in [-0.4, -0.2) is 44.9 Å². The van der Waals surface area contributed by atoms with Crippen molar-refractivity contribution < 1.29 is 9.32 Å². The minimum atomic E-state index is -0.718. The molecule has 2 bridgehead atoms. The highest BCUT2D eigenvalue weighted by molar-refractivity contribution is 7.85. The summed E-state index contributed by atoms with van der Waals surface area (Å²) >= 11 is 0. The van der Waals surface area contributed by atoms with Gasteiger partial charge in [0.15, 0.2) is 0 Å². The lowest BCUT2D eigenvalue weighted by atomic mass is 9.87.